The molecule has 4 N–H and O–H groups in total. The Morgan fingerprint density at radius 1 is 1.10 bits per heavy atom. The molecule has 4 bridgehead atoms. The number of hydrogen-bond donors (Lipinski definition) is 4. The predicted molar refractivity (Wildman–Crippen MR) is 111 cm³/mol. The molecule has 0 aliphatic heterocycles. The summed E-state index contributed by atoms with van der Waals surface area (Å²) in [6.07, 6.45) is 7.56. The van der Waals surface area contributed by atoms with E-state index >= 15 is 0 Å². The van der Waals surface area contributed by atoms with Crippen LogP contribution in [0.4, 0.5) is 4.79 Å². The summed E-state index contributed by atoms with van der Waals surface area (Å²) in [4.78, 5) is 25.6. The number of urea groups is 1. The van der Waals surface area contributed by atoms with Gasteiger partial charge in [0.1, 0.15) is 11.8 Å². The van der Waals surface area contributed by atoms with Gasteiger partial charge in [-0.2, -0.15) is 5.26 Å². The maximum Gasteiger partial charge on any atom is 0.315 e. The van der Waals surface area contributed by atoms with Crippen LogP contribution in [0, 0.1) is 29.1 Å². The summed E-state index contributed by atoms with van der Waals surface area (Å²) in [5.41, 5.74) is 0.711. The summed E-state index contributed by atoms with van der Waals surface area (Å²) >= 11 is 0. The Bertz CT molecular complexity index is 795. The third kappa shape index (κ3) is 4.69. The number of rotatable bonds is 7. The average molecular weight is 411 g/mol. The van der Waals surface area contributed by atoms with Crippen molar-refractivity contribution in [3.05, 3.63) is 29.8 Å². The lowest BCUT2D eigenvalue weighted by Crippen LogP contribution is -2.63. The summed E-state index contributed by atoms with van der Waals surface area (Å²) in [6.45, 7) is 0.250. The van der Waals surface area contributed by atoms with Crippen LogP contribution in [-0.2, 0) is 11.2 Å². The van der Waals surface area contributed by atoms with Crippen LogP contribution < -0.4 is 16.0 Å². The number of amides is 3. The van der Waals surface area contributed by atoms with E-state index in [4.69, 9.17) is 5.26 Å². The van der Waals surface area contributed by atoms with Crippen molar-refractivity contribution in [2.75, 3.05) is 6.54 Å². The van der Waals surface area contributed by atoms with Crippen molar-refractivity contribution in [3.8, 4) is 11.8 Å². The Morgan fingerprint density at radius 3 is 2.27 bits per heavy atom. The lowest BCUT2D eigenvalue weighted by Gasteiger charge is -2.56. The van der Waals surface area contributed by atoms with E-state index in [1.807, 2.05) is 6.07 Å². The zero-order valence-electron chi connectivity index (χ0n) is 17.2. The second-order valence-electron chi connectivity index (χ2n) is 9.42. The Kier molecular flexibility index (Phi) is 5.85. The molecule has 0 saturated heterocycles. The number of phenols is 1. The fourth-order valence-electron chi connectivity index (χ4n) is 6.14. The first-order chi connectivity index (χ1) is 14.4. The highest BCUT2D eigenvalue weighted by molar-refractivity contribution is 5.87. The number of benzene rings is 1. The van der Waals surface area contributed by atoms with Crippen LogP contribution in [-0.4, -0.2) is 35.2 Å². The quantitative estimate of drug-likeness (QED) is 0.517. The first kappa shape index (κ1) is 20.5. The molecule has 0 spiro atoms. The van der Waals surface area contributed by atoms with E-state index in [9.17, 15) is 14.7 Å². The number of carbonyl (C=O) groups excluding carboxylic acids is 2. The molecule has 7 heteroatoms. The van der Waals surface area contributed by atoms with E-state index in [0.717, 1.165) is 42.6 Å². The molecular formula is C23H30N4O3. The van der Waals surface area contributed by atoms with E-state index in [1.54, 1.807) is 24.3 Å². The molecule has 5 rings (SSSR count). The standard InChI is InChI=1S/C23H30N4O3/c24-6-1-7-25-21(29)20(11-15-2-4-19(28)5-3-15)26-22(30)27-23-12-16-8-17(13-23)10-18(9-16)14-23/h2-5,16-18,20,28H,1,7-14H2,(H,25,29)(H2,26,27,30). The van der Waals surface area contributed by atoms with Crippen molar-refractivity contribution >= 4 is 11.9 Å². The highest BCUT2D eigenvalue weighted by Gasteiger charge is 2.51. The van der Waals surface area contributed by atoms with Gasteiger partial charge in [-0.15, -0.1) is 0 Å². The highest BCUT2D eigenvalue weighted by Crippen LogP contribution is 2.55. The van der Waals surface area contributed by atoms with Gasteiger partial charge in [0.25, 0.3) is 0 Å². The minimum Gasteiger partial charge on any atom is -0.508 e. The average Bonchev–Trinajstić information content (AvgIpc) is 2.67. The number of phenolic OH excluding ortho intramolecular Hbond substituents is 1. The minimum absolute atomic E-state index is 0.126. The van der Waals surface area contributed by atoms with Crippen molar-refractivity contribution in [1.29, 1.82) is 5.26 Å². The number of aromatic hydroxyl groups is 1. The molecule has 1 aromatic rings. The Hall–Kier alpha value is -2.75. The SMILES string of the molecule is N#CCCNC(=O)C(Cc1ccc(O)cc1)NC(=O)NC12CC3CC(CC(C3)C1)C2. The van der Waals surface area contributed by atoms with Crippen LogP contribution >= 0.6 is 0 Å². The summed E-state index contributed by atoms with van der Waals surface area (Å²) in [7, 11) is 0. The summed E-state index contributed by atoms with van der Waals surface area (Å²) in [6, 6.07) is 7.57. The largest absolute Gasteiger partial charge is 0.508 e. The Labute approximate surface area is 177 Å². The van der Waals surface area contributed by atoms with Crippen LogP contribution in [0.25, 0.3) is 0 Å². The molecule has 30 heavy (non-hydrogen) atoms. The fraction of sp³-hybridized carbons (Fsp3) is 0.609. The van der Waals surface area contributed by atoms with E-state index in [1.165, 1.54) is 19.3 Å². The third-order valence-electron chi connectivity index (χ3n) is 6.95. The maximum absolute atomic E-state index is 12.9. The van der Waals surface area contributed by atoms with Gasteiger partial charge in [-0.1, -0.05) is 12.1 Å². The van der Waals surface area contributed by atoms with Crippen LogP contribution in [0.1, 0.15) is 50.5 Å². The van der Waals surface area contributed by atoms with Crippen LogP contribution in [0.2, 0.25) is 0 Å². The molecule has 4 fully saturated rings. The molecule has 1 unspecified atom stereocenters. The molecule has 4 aliphatic rings. The second kappa shape index (κ2) is 8.55. The van der Waals surface area contributed by atoms with Crippen LogP contribution in [0.15, 0.2) is 24.3 Å². The molecule has 1 atom stereocenters. The normalized spacial score (nSPS) is 29.6. The second-order valence-corrected chi connectivity index (χ2v) is 9.42. The number of nitrogens with zero attached hydrogens (tertiary/aromatic N) is 1. The Morgan fingerprint density at radius 2 is 1.70 bits per heavy atom. The number of carbonyl (C=O) groups is 2. The van der Waals surface area contributed by atoms with Gasteiger partial charge in [0.2, 0.25) is 5.91 Å². The topological polar surface area (TPSA) is 114 Å². The summed E-state index contributed by atoms with van der Waals surface area (Å²) < 4.78 is 0. The molecular weight excluding hydrogens is 380 g/mol. The number of nitrogens with one attached hydrogen (secondary N) is 3. The number of nitriles is 1. The summed E-state index contributed by atoms with van der Waals surface area (Å²) in [5.74, 6) is 2.01. The van der Waals surface area contributed by atoms with Crippen molar-refractivity contribution in [2.45, 2.75) is 62.9 Å². The predicted octanol–water partition coefficient (Wildman–Crippen LogP) is 2.60. The third-order valence-corrected chi connectivity index (χ3v) is 6.95. The molecule has 4 saturated carbocycles. The first-order valence-corrected chi connectivity index (χ1v) is 11.0. The lowest BCUT2D eigenvalue weighted by atomic mass is 9.53. The van der Waals surface area contributed by atoms with Gasteiger partial charge in [-0.3, -0.25) is 4.79 Å². The van der Waals surface area contributed by atoms with Crippen molar-refractivity contribution in [1.82, 2.24) is 16.0 Å². The van der Waals surface area contributed by atoms with Gasteiger partial charge in [-0.05, 0) is 74.0 Å². The van der Waals surface area contributed by atoms with Gasteiger partial charge >= 0.3 is 6.03 Å². The molecule has 3 amide bonds. The van der Waals surface area contributed by atoms with Crippen LogP contribution in [0.3, 0.4) is 0 Å². The molecule has 4 aliphatic carbocycles. The zero-order chi connectivity index (χ0) is 21.1. The highest BCUT2D eigenvalue weighted by atomic mass is 16.3. The van der Waals surface area contributed by atoms with Crippen molar-refractivity contribution < 1.29 is 14.7 Å². The smallest absolute Gasteiger partial charge is 0.315 e. The lowest BCUT2D eigenvalue weighted by molar-refractivity contribution is -0.122. The van der Waals surface area contributed by atoms with E-state index in [2.05, 4.69) is 16.0 Å². The van der Waals surface area contributed by atoms with E-state index in [0.29, 0.717) is 6.42 Å². The zero-order valence-corrected chi connectivity index (χ0v) is 17.2. The minimum atomic E-state index is -0.748. The first-order valence-electron chi connectivity index (χ1n) is 11.0. The van der Waals surface area contributed by atoms with E-state index < -0.39 is 6.04 Å². The number of hydrogen-bond acceptors (Lipinski definition) is 4. The van der Waals surface area contributed by atoms with Gasteiger partial charge in [0, 0.05) is 18.5 Å². The molecule has 0 aromatic heterocycles. The van der Waals surface area contributed by atoms with Crippen LogP contribution in [0.5, 0.6) is 5.75 Å². The maximum atomic E-state index is 12.9. The van der Waals surface area contributed by atoms with Gasteiger partial charge in [0.15, 0.2) is 0 Å². The molecule has 0 heterocycles. The van der Waals surface area contributed by atoms with Crippen molar-refractivity contribution in [3.63, 3.8) is 0 Å². The van der Waals surface area contributed by atoms with Gasteiger partial charge < -0.3 is 21.1 Å². The fourth-order valence-corrected chi connectivity index (χ4v) is 6.14. The monoisotopic (exact) mass is 410 g/mol. The molecule has 7 nitrogen and oxygen atoms in total. The molecule has 160 valence electrons. The molecule has 0 radical (unpaired) electrons. The van der Waals surface area contributed by atoms with Crippen molar-refractivity contribution in [2.24, 2.45) is 17.8 Å². The Balaban J connectivity index is 1.41. The van der Waals surface area contributed by atoms with Gasteiger partial charge in [-0.25, -0.2) is 4.79 Å². The van der Waals surface area contributed by atoms with E-state index in [-0.39, 0.29) is 36.2 Å². The van der Waals surface area contributed by atoms with Gasteiger partial charge in [0.05, 0.1) is 12.5 Å². The molecule has 1 aromatic carbocycles. The summed E-state index contributed by atoms with van der Waals surface area (Å²) in [5, 5.41) is 27.0.